The molecule has 0 atom stereocenters. The van der Waals surface area contributed by atoms with Crippen LogP contribution in [-0.2, 0) is 20.9 Å². The molecular formula is C20H24N2O3S2. The number of thiazole rings is 1. The summed E-state index contributed by atoms with van der Waals surface area (Å²) in [4.78, 5) is 4.62. The Morgan fingerprint density at radius 2 is 1.89 bits per heavy atom. The van der Waals surface area contributed by atoms with Crippen molar-refractivity contribution < 1.29 is 12.6 Å². The zero-order chi connectivity index (χ0) is 19.4. The van der Waals surface area contributed by atoms with Gasteiger partial charge < -0.3 is 5.32 Å². The summed E-state index contributed by atoms with van der Waals surface area (Å²) in [5.74, 6) is 0.347. The van der Waals surface area contributed by atoms with Gasteiger partial charge in [0.2, 0.25) is 0 Å². The number of hydrogen-bond acceptors (Lipinski definition) is 6. The van der Waals surface area contributed by atoms with Gasteiger partial charge in [-0.25, -0.2) is 4.98 Å². The van der Waals surface area contributed by atoms with Crippen LogP contribution in [0.25, 0.3) is 10.2 Å². The van der Waals surface area contributed by atoms with E-state index < -0.39 is 10.1 Å². The van der Waals surface area contributed by atoms with E-state index in [0.717, 1.165) is 51.3 Å². The molecule has 0 bridgehead atoms. The van der Waals surface area contributed by atoms with E-state index in [1.54, 1.807) is 11.3 Å². The number of rotatable bonds is 8. The fourth-order valence-corrected chi connectivity index (χ4v) is 4.36. The molecule has 27 heavy (non-hydrogen) atoms. The van der Waals surface area contributed by atoms with Crippen LogP contribution in [0.4, 0.5) is 10.8 Å². The highest BCUT2D eigenvalue weighted by Gasteiger charge is 2.15. The molecule has 0 amide bonds. The highest BCUT2D eigenvalue weighted by Crippen LogP contribution is 2.32. The second-order valence-corrected chi connectivity index (χ2v) is 9.18. The smallest absolute Gasteiger partial charge is 0.264 e. The lowest BCUT2D eigenvalue weighted by molar-refractivity contribution is 0.309. The predicted octanol–water partition coefficient (Wildman–Crippen LogP) is 5.42. The summed E-state index contributed by atoms with van der Waals surface area (Å²) in [5, 5.41) is 4.22. The molecule has 1 aromatic heterocycles. The van der Waals surface area contributed by atoms with Crippen molar-refractivity contribution in [2.75, 3.05) is 11.6 Å². The van der Waals surface area contributed by atoms with Gasteiger partial charge in [0.05, 0.1) is 23.1 Å². The van der Waals surface area contributed by atoms with Crippen LogP contribution in [-0.4, -0.2) is 19.7 Å². The average Bonchev–Trinajstić information content (AvgIpc) is 3.03. The first-order valence-corrected chi connectivity index (χ1v) is 11.6. The lowest BCUT2D eigenvalue weighted by Crippen LogP contribution is -2.07. The Kier molecular flexibility index (Phi) is 6.14. The van der Waals surface area contributed by atoms with E-state index in [0.29, 0.717) is 5.92 Å². The van der Waals surface area contributed by atoms with E-state index in [1.807, 2.05) is 30.3 Å². The Hall–Kier alpha value is -1.96. The van der Waals surface area contributed by atoms with Crippen molar-refractivity contribution in [2.45, 2.75) is 39.2 Å². The van der Waals surface area contributed by atoms with E-state index in [2.05, 4.69) is 36.3 Å². The summed E-state index contributed by atoms with van der Waals surface area (Å²) >= 11 is 1.61. The van der Waals surface area contributed by atoms with Crippen molar-refractivity contribution >= 4 is 42.5 Å². The third-order valence-electron chi connectivity index (χ3n) is 4.54. The van der Waals surface area contributed by atoms with Crippen molar-refractivity contribution in [2.24, 2.45) is 0 Å². The molecule has 0 fully saturated rings. The quantitative estimate of drug-likeness (QED) is 0.508. The maximum Gasteiger partial charge on any atom is 0.264 e. The molecular weight excluding hydrogens is 380 g/mol. The Bertz CT molecular complexity index is 992. The molecule has 5 nitrogen and oxygen atoms in total. The fourth-order valence-electron chi connectivity index (χ4n) is 3.13. The summed E-state index contributed by atoms with van der Waals surface area (Å²) < 4.78 is 28.9. The van der Waals surface area contributed by atoms with Crippen LogP contribution in [0, 0.1) is 0 Å². The van der Waals surface area contributed by atoms with Crippen LogP contribution in [0.2, 0.25) is 0 Å². The third-order valence-corrected chi connectivity index (χ3v) is 6.04. The number of para-hydroxylation sites is 1. The normalized spacial score (nSPS) is 12.0. The van der Waals surface area contributed by atoms with Crippen LogP contribution in [0.5, 0.6) is 0 Å². The molecule has 0 unspecified atom stereocenters. The first-order chi connectivity index (χ1) is 12.9. The van der Waals surface area contributed by atoms with Gasteiger partial charge in [0.1, 0.15) is 0 Å². The van der Waals surface area contributed by atoms with Crippen LogP contribution in [0.1, 0.15) is 43.7 Å². The molecule has 3 aromatic rings. The second-order valence-electron chi connectivity index (χ2n) is 6.51. The van der Waals surface area contributed by atoms with E-state index >= 15 is 0 Å². The maximum atomic E-state index is 11.4. The highest BCUT2D eigenvalue weighted by atomic mass is 32.2. The van der Waals surface area contributed by atoms with Gasteiger partial charge in [0, 0.05) is 5.69 Å². The Morgan fingerprint density at radius 3 is 2.56 bits per heavy atom. The zero-order valence-corrected chi connectivity index (χ0v) is 17.4. The molecule has 0 saturated heterocycles. The lowest BCUT2D eigenvalue weighted by atomic mass is 9.90. The number of benzene rings is 2. The van der Waals surface area contributed by atoms with E-state index in [9.17, 15) is 8.42 Å². The van der Waals surface area contributed by atoms with Gasteiger partial charge in [0.25, 0.3) is 10.1 Å². The molecule has 0 aliphatic rings. The third kappa shape index (κ3) is 5.06. The molecule has 7 heteroatoms. The number of aromatic nitrogens is 1. The topological polar surface area (TPSA) is 68.3 Å². The highest BCUT2D eigenvalue weighted by molar-refractivity contribution is 7.85. The van der Waals surface area contributed by atoms with Crippen molar-refractivity contribution in [1.82, 2.24) is 4.98 Å². The SMILES string of the molecule is CCC(CC)c1cc(Nc2nc3ccccc3s2)ccc1COS(C)(=O)=O. The molecule has 0 spiro atoms. The molecule has 1 N–H and O–H groups in total. The van der Waals surface area contributed by atoms with Gasteiger partial charge in [-0.2, -0.15) is 8.42 Å². The first-order valence-electron chi connectivity index (χ1n) is 8.99. The lowest BCUT2D eigenvalue weighted by Gasteiger charge is -2.19. The number of fused-ring (bicyclic) bond motifs is 1. The monoisotopic (exact) mass is 404 g/mol. The van der Waals surface area contributed by atoms with Crippen molar-refractivity contribution in [3.05, 3.63) is 53.6 Å². The van der Waals surface area contributed by atoms with E-state index in [-0.39, 0.29) is 6.61 Å². The zero-order valence-electron chi connectivity index (χ0n) is 15.7. The summed E-state index contributed by atoms with van der Waals surface area (Å²) in [5.41, 5.74) is 3.95. The van der Waals surface area contributed by atoms with E-state index in [1.165, 1.54) is 0 Å². The number of anilines is 2. The summed E-state index contributed by atoms with van der Waals surface area (Å²) in [6, 6.07) is 14.0. The molecule has 3 rings (SSSR count). The van der Waals surface area contributed by atoms with E-state index in [4.69, 9.17) is 4.18 Å². The minimum Gasteiger partial charge on any atom is -0.332 e. The molecule has 0 aliphatic heterocycles. The van der Waals surface area contributed by atoms with Crippen molar-refractivity contribution in [1.29, 1.82) is 0 Å². The standard InChI is InChI=1S/C20H24N2O3S2/c1-4-14(5-2)17-12-16(11-10-15(17)13-25-27(3,23)24)21-20-22-18-8-6-7-9-19(18)26-20/h6-12,14H,4-5,13H2,1-3H3,(H,21,22). The molecule has 144 valence electrons. The van der Waals surface area contributed by atoms with Gasteiger partial charge in [-0.3, -0.25) is 4.18 Å². The van der Waals surface area contributed by atoms with Gasteiger partial charge in [0.15, 0.2) is 5.13 Å². The van der Waals surface area contributed by atoms with Crippen LogP contribution < -0.4 is 5.32 Å². The molecule has 1 heterocycles. The average molecular weight is 405 g/mol. The molecule has 2 aromatic carbocycles. The second kappa shape index (κ2) is 8.37. The van der Waals surface area contributed by atoms with Gasteiger partial charge >= 0.3 is 0 Å². The Morgan fingerprint density at radius 1 is 1.15 bits per heavy atom. The summed E-state index contributed by atoms with van der Waals surface area (Å²) in [6.07, 6.45) is 3.03. The number of nitrogens with one attached hydrogen (secondary N) is 1. The minimum atomic E-state index is -3.48. The predicted molar refractivity (Wildman–Crippen MR) is 112 cm³/mol. The van der Waals surface area contributed by atoms with Crippen LogP contribution in [0.15, 0.2) is 42.5 Å². The number of hydrogen-bond donors (Lipinski definition) is 1. The van der Waals surface area contributed by atoms with Gasteiger partial charge in [-0.15, -0.1) is 0 Å². The fraction of sp³-hybridized carbons (Fsp3) is 0.350. The van der Waals surface area contributed by atoms with Gasteiger partial charge in [-0.1, -0.05) is 43.4 Å². The maximum absolute atomic E-state index is 11.4. The summed E-state index contributed by atoms with van der Waals surface area (Å²) in [6.45, 7) is 4.35. The van der Waals surface area contributed by atoms with Crippen molar-refractivity contribution in [3.63, 3.8) is 0 Å². The van der Waals surface area contributed by atoms with Crippen LogP contribution in [0.3, 0.4) is 0 Å². The largest absolute Gasteiger partial charge is 0.332 e. The molecule has 0 aliphatic carbocycles. The van der Waals surface area contributed by atoms with Crippen molar-refractivity contribution in [3.8, 4) is 0 Å². The minimum absolute atomic E-state index is 0.0616. The van der Waals surface area contributed by atoms with Gasteiger partial charge in [-0.05, 0) is 54.2 Å². The summed E-state index contributed by atoms with van der Waals surface area (Å²) in [7, 11) is -3.48. The van der Waals surface area contributed by atoms with Crippen LogP contribution >= 0.6 is 11.3 Å². The Labute approximate surface area is 164 Å². The number of nitrogens with zero attached hydrogens (tertiary/aromatic N) is 1. The first kappa shape index (κ1) is 19.8. The molecule has 0 saturated carbocycles. The Balaban J connectivity index is 1.90. The molecule has 0 radical (unpaired) electrons.